The van der Waals surface area contributed by atoms with E-state index < -0.39 is 0 Å². The van der Waals surface area contributed by atoms with Crippen LogP contribution < -0.4 is 10.1 Å². The Balaban J connectivity index is 2.45. The number of benzene rings is 2. The Labute approximate surface area is 139 Å². The molecule has 3 rings (SSSR count). The standard InChI is InChI=1S/C18H14ClN3O/c1-21-18-14-7-6-13(23-2)9-15(14)17(16(10-20)22-18)11-4-3-5-12(19)8-11/h3-9H,1-2H3,(H,21,22). The first-order valence-electron chi connectivity index (χ1n) is 7.03. The molecule has 0 aliphatic rings. The van der Waals surface area contributed by atoms with Crippen molar-refractivity contribution in [2.75, 3.05) is 19.5 Å². The zero-order valence-corrected chi connectivity index (χ0v) is 13.5. The molecule has 1 aromatic heterocycles. The van der Waals surface area contributed by atoms with E-state index in [9.17, 15) is 5.26 Å². The molecular weight excluding hydrogens is 310 g/mol. The van der Waals surface area contributed by atoms with Gasteiger partial charge in [-0.2, -0.15) is 5.26 Å². The van der Waals surface area contributed by atoms with E-state index in [0.29, 0.717) is 16.5 Å². The van der Waals surface area contributed by atoms with Gasteiger partial charge in [-0.3, -0.25) is 0 Å². The number of rotatable bonds is 3. The van der Waals surface area contributed by atoms with Gasteiger partial charge in [-0.05, 0) is 41.3 Å². The Morgan fingerprint density at radius 1 is 1.17 bits per heavy atom. The van der Waals surface area contributed by atoms with Crippen LogP contribution in [-0.4, -0.2) is 19.1 Å². The van der Waals surface area contributed by atoms with E-state index in [1.54, 1.807) is 20.2 Å². The van der Waals surface area contributed by atoms with Crippen LogP contribution >= 0.6 is 11.6 Å². The third-order valence-corrected chi connectivity index (χ3v) is 3.90. The van der Waals surface area contributed by atoms with Crippen molar-refractivity contribution in [1.29, 1.82) is 5.26 Å². The lowest BCUT2D eigenvalue weighted by Gasteiger charge is -2.14. The van der Waals surface area contributed by atoms with Crippen molar-refractivity contribution in [3.05, 3.63) is 53.2 Å². The van der Waals surface area contributed by atoms with Crippen LogP contribution in [0.15, 0.2) is 42.5 Å². The molecule has 0 bridgehead atoms. The second kappa shape index (κ2) is 6.15. The van der Waals surface area contributed by atoms with Crippen LogP contribution in [0.25, 0.3) is 21.9 Å². The van der Waals surface area contributed by atoms with Gasteiger partial charge in [0.15, 0.2) is 5.69 Å². The van der Waals surface area contributed by atoms with E-state index in [0.717, 1.165) is 27.6 Å². The number of nitrogens with zero attached hydrogens (tertiary/aromatic N) is 2. The van der Waals surface area contributed by atoms with Gasteiger partial charge >= 0.3 is 0 Å². The zero-order valence-electron chi connectivity index (χ0n) is 12.7. The van der Waals surface area contributed by atoms with Crippen LogP contribution in [0.5, 0.6) is 5.75 Å². The van der Waals surface area contributed by atoms with Gasteiger partial charge in [0.05, 0.1) is 7.11 Å². The molecule has 0 amide bonds. The minimum absolute atomic E-state index is 0.345. The first-order valence-corrected chi connectivity index (χ1v) is 7.41. The largest absolute Gasteiger partial charge is 0.497 e. The molecule has 1 heterocycles. The van der Waals surface area contributed by atoms with Crippen molar-refractivity contribution in [3.63, 3.8) is 0 Å². The summed E-state index contributed by atoms with van der Waals surface area (Å²) in [6, 6.07) is 15.3. The maximum absolute atomic E-state index is 9.55. The summed E-state index contributed by atoms with van der Waals surface area (Å²) in [5.74, 6) is 1.38. The molecule has 23 heavy (non-hydrogen) atoms. The normalized spacial score (nSPS) is 10.3. The molecule has 3 aromatic rings. The molecule has 0 saturated heterocycles. The van der Waals surface area contributed by atoms with Crippen molar-refractivity contribution in [2.24, 2.45) is 0 Å². The molecule has 4 nitrogen and oxygen atoms in total. The van der Waals surface area contributed by atoms with Crippen LogP contribution in [0.4, 0.5) is 5.82 Å². The molecule has 0 aliphatic carbocycles. The zero-order chi connectivity index (χ0) is 16.4. The summed E-state index contributed by atoms with van der Waals surface area (Å²) in [6.45, 7) is 0. The third kappa shape index (κ3) is 2.67. The van der Waals surface area contributed by atoms with Crippen LogP contribution in [0.2, 0.25) is 5.02 Å². The van der Waals surface area contributed by atoms with Gasteiger partial charge in [0, 0.05) is 23.0 Å². The van der Waals surface area contributed by atoms with Gasteiger partial charge in [-0.15, -0.1) is 0 Å². The highest BCUT2D eigenvalue weighted by atomic mass is 35.5. The molecule has 0 radical (unpaired) electrons. The highest BCUT2D eigenvalue weighted by Gasteiger charge is 2.16. The van der Waals surface area contributed by atoms with Crippen molar-refractivity contribution >= 4 is 28.2 Å². The predicted molar refractivity (Wildman–Crippen MR) is 93.0 cm³/mol. The van der Waals surface area contributed by atoms with Gasteiger partial charge < -0.3 is 10.1 Å². The molecular formula is C18H14ClN3O. The molecule has 5 heteroatoms. The number of nitriles is 1. The molecule has 0 aliphatic heterocycles. The molecule has 114 valence electrons. The molecule has 0 saturated carbocycles. The summed E-state index contributed by atoms with van der Waals surface area (Å²) in [7, 11) is 3.40. The first kappa shape index (κ1) is 15.1. The maximum Gasteiger partial charge on any atom is 0.151 e. The Morgan fingerprint density at radius 2 is 2.00 bits per heavy atom. The van der Waals surface area contributed by atoms with Crippen LogP contribution in [-0.2, 0) is 0 Å². The summed E-state index contributed by atoms with van der Waals surface area (Å²) >= 11 is 6.12. The van der Waals surface area contributed by atoms with Gasteiger partial charge in [0.2, 0.25) is 0 Å². The summed E-state index contributed by atoms with van der Waals surface area (Å²) in [6.07, 6.45) is 0. The lowest BCUT2D eigenvalue weighted by Crippen LogP contribution is -1.99. The number of methoxy groups -OCH3 is 1. The fraction of sp³-hybridized carbons (Fsp3) is 0.111. The number of ether oxygens (including phenoxy) is 1. The van der Waals surface area contributed by atoms with Gasteiger partial charge in [-0.25, -0.2) is 4.98 Å². The SMILES string of the molecule is CNc1nc(C#N)c(-c2cccc(Cl)c2)c2cc(OC)ccc12. The average molecular weight is 324 g/mol. The summed E-state index contributed by atoms with van der Waals surface area (Å²) < 4.78 is 5.33. The van der Waals surface area contributed by atoms with E-state index in [-0.39, 0.29) is 0 Å². The Bertz CT molecular complexity index is 931. The second-order valence-corrected chi connectivity index (χ2v) is 5.40. The van der Waals surface area contributed by atoms with Gasteiger partial charge in [0.1, 0.15) is 17.6 Å². The van der Waals surface area contributed by atoms with Gasteiger partial charge in [-0.1, -0.05) is 23.7 Å². The second-order valence-electron chi connectivity index (χ2n) is 4.97. The van der Waals surface area contributed by atoms with Crippen LogP contribution in [0, 0.1) is 11.3 Å². The molecule has 0 atom stereocenters. The Morgan fingerprint density at radius 3 is 2.65 bits per heavy atom. The third-order valence-electron chi connectivity index (χ3n) is 3.67. The van der Waals surface area contributed by atoms with Crippen molar-refractivity contribution in [1.82, 2.24) is 4.98 Å². The molecule has 0 spiro atoms. The topological polar surface area (TPSA) is 57.9 Å². The van der Waals surface area contributed by atoms with Crippen LogP contribution in [0.1, 0.15) is 5.69 Å². The smallest absolute Gasteiger partial charge is 0.151 e. The number of halogens is 1. The van der Waals surface area contributed by atoms with E-state index in [4.69, 9.17) is 16.3 Å². The monoisotopic (exact) mass is 323 g/mol. The van der Waals surface area contributed by atoms with Crippen molar-refractivity contribution in [3.8, 4) is 22.9 Å². The maximum atomic E-state index is 9.55. The number of pyridine rings is 1. The highest BCUT2D eigenvalue weighted by molar-refractivity contribution is 6.31. The molecule has 2 aromatic carbocycles. The first-order chi connectivity index (χ1) is 11.2. The number of fused-ring (bicyclic) bond motifs is 1. The van der Waals surface area contributed by atoms with E-state index in [1.165, 1.54) is 0 Å². The van der Waals surface area contributed by atoms with E-state index >= 15 is 0 Å². The predicted octanol–water partition coefficient (Wildman–Crippen LogP) is 4.48. The number of anilines is 1. The molecule has 0 unspecified atom stereocenters. The number of aromatic nitrogens is 1. The fourth-order valence-corrected chi connectivity index (χ4v) is 2.82. The lowest BCUT2D eigenvalue weighted by atomic mass is 9.97. The highest BCUT2D eigenvalue weighted by Crippen LogP contribution is 2.37. The number of hydrogen-bond acceptors (Lipinski definition) is 4. The Kier molecular flexibility index (Phi) is 4.05. The van der Waals surface area contributed by atoms with Gasteiger partial charge in [0.25, 0.3) is 0 Å². The fourth-order valence-electron chi connectivity index (χ4n) is 2.63. The van der Waals surface area contributed by atoms with Crippen LogP contribution in [0.3, 0.4) is 0 Å². The van der Waals surface area contributed by atoms with Crippen molar-refractivity contribution in [2.45, 2.75) is 0 Å². The summed E-state index contributed by atoms with van der Waals surface area (Å²) in [5.41, 5.74) is 1.95. The quantitative estimate of drug-likeness (QED) is 0.772. The summed E-state index contributed by atoms with van der Waals surface area (Å²) in [4.78, 5) is 4.44. The lowest BCUT2D eigenvalue weighted by molar-refractivity contribution is 0.415. The number of nitrogens with one attached hydrogen (secondary N) is 1. The van der Waals surface area contributed by atoms with E-state index in [1.807, 2.05) is 36.4 Å². The van der Waals surface area contributed by atoms with E-state index in [2.05, 4.69) is 16.4 Å². The number of hydrogen-bond donors (Lipinski definition) is 1. The molecule has 0 fully saturated rings. The Hall–Kier alpha value is -2.77. The summed E-state index contributed by atoms with van der Waals surface area (Å²) in [5, 5.41) is 15.0. The minimum Gasteiger partial charge on any atom is -0.497 e. The molecule has 1 N–H and O–H groups in total. The minimum atomic E-state index is 0.345. The van der Waals surface area contributed by atoms with Crippen molar-refractivity contribution < 1.29 is 4.74 Å². The average Bonchev–Trinajstić information content (AvgIpc) is 2.59.